The molecule has 0 aliphatic carbocycles. The minimum Gasteiger partial charge on any atom is -0.489 e. The van der Waals surface area contributed by atoms with Crippen LogP contribution in [0.4, 0.5) is 18.0 Å². The summed E-state index contributed by atoms with van der Waals surface area (Å²) in [5, 5.41) is 0. The van der Waals surface area contributed by atoms with Crippen LogP contribution in [0.25, 0.3) is 0 Å². The van der Waals surface area contributed by atoms with E-state index < -0.39 is 47.7 Å². The van der Waals surface area contributed by atoms with Crippen LogP contribution in [0.15, 0.2) is 30.3 Å². The highest BCUT2D eigenvalue weighted by molar-refractivity contribution is 5.84. The van der Waals surface area contributed by atoms with Gasteiger partial charge in [-0.15, -0.1) is 0 Å². The fourth-order valence-corrected chi connectivity index (χ4v) is 3.44. The first-order valence-electron chi connectivity index (χ1n) is 10.1. The summed E-state index contributed by atoms with van der Waals surface area (Å²) in [6, 6.07) is 4.96. The Balaban J connectivity index is 1.80. The van der Waals surface area contributed by atoms with Gasteiger partial charge in [-0.3, -0.25) is 4.90 Å². The maximum Gasteiger partial charge on any atom is 0.410 e. The zero-order valence-corrected chi connectivity index (χ0v) is 18.0. The van der Waals surface area contributed by atoms with Gasteiger partial charge in [0.05, 0.1) is 19.3 Å². The zero-order valence-electron chi connectivity index (χ0n) is 18.0. The van der Waals surface area contributed by atoms with Crippen molar-refractivity contribution >= 4 is 12.1 Å². The number of halogens is 3. The molecule has 2 aromatic carbocycles. The number of ether oxygens (including phenoxy) is 3. The van der Waals surface area contributed by atoms with Gasteiger partial charge in [0.1, 0.15) is 29.8 Å². The van der Waals surface area contributed by atoms with Crippen molar-refractivity contribution in [2.24, 2.45) is 5.92 Å². The van der Waals surface area contributed by atoms with Crippen LogP contribution in [0.2, 0.25) is 0 Å². The van der Waals surface area contributed by atoms with Crippen LogP contribution in [0.3, 0.4) is 0 Å². The molecule has 0 aromatic heterocycles. The number of fused-ring (bicyclic) bond motifs is 1. The summed E-state index contributed by atoms with van der Waals surface area (Å²) in [5.41, 5.74) is 0.887. The standard InChI is InChI=1S/C23H24F3NO5/c1-13(2)11-32-23(29)27-7-6-14-8-16(4-5-17(14)21(27)22(28)30-3)31-12-18-19(25)9-15(24)10-20(18)26/h4-5,8-10,13,21H,6-7,11-12H2,1-3H3. The third kappa shape index (κ3) is 5.15. The number of hydrogen-bond acceptors (Lipinski definition) is 5. The molecule has 0 N–H and O–H groups in total. The number of carbonyl (C=O) groups is 2. The van der Waals surface area contributed by atoms with Gasteiger partial charge in [-0.1, -0.05) is 19.9 Å². The molecule has 1 heterocycles. The Morgan fingerprint density at radius 3 is 2.44 bits per heavy atom. The van der Waals surface area contributed by atoms with Crippen LogP contribution in [-0.2, 0) is 27.3 Å². The van der Waals surface area contributed by atoms with Crippen molar-refractivity contribution < 1.29 is 37.0 Å². The summed E-state index contributed by atoms with van der Waals surface area (Å²) in [6.07, 6.45) is -0.196. The van der Waals surface area contributed by atoms with Gasteiger partial charge in [0.25, 0.3) is 0 Å². The molecule has 0 radical (unpaired) electrons. The molecule has 0 bridgehead atoms. The van der Waals surface area contributed by atoms with Crippen LogP contribution in [-0.4, -0.2) is 37.2 Å². The van der Waals surface area contributed by atoms with Gasteiger partial charge in [0, 0.05) is 18.7 Å². The lowest BCUT2D eigenvalue weighted by molar-refractivity contribution is -0.147. The molecule has 9 heteroatoms. The highest BCUT2D eigenvalue weighted by atomic mass is 19.1. The average molecular weight is 451 g/mol. The Bertz CT molecular complexity index is 988. The average Bonchev–Trinajstić information content (AvgIpc) is 2.75. The number of nitrogens with zero attached hydrogens (tertiary/aromatic N) is 1. The fraction of sp³-hybridized carbons (Fsp3) is 0.391. The van der Waals surface area contributed by atoms with Gasteiger partial charge < -0.3 is 14.2 Å². The molecule has 1 amide bonds. The molecule has 1 atom stereocenters. The van der Waals surface area contributed by atoms with Crippen molar-refractivity contribution in [2.45, 2.75) is 32.9 Å². The van der Waals surface area contributed by atoms with Crippen LogP contribution < -0.4 is 4.74 Å². The number of rotatable bonds is 6. The second-order valence-electron chi connectivity index (χ2n) is 7.84. The SMILES string of the molecule is COC(=O)C1c2ccc(OCc3c(F)cc(F)cc3F)cc2CCN1C(=O)OCC(C)C. The third-order valence-corrected chi connectivity index (χ3v) is 5.03. The first kappa shape index (κ1) is 23.4. The number of methoxy groups -OCH3 is 1. The minimum atomic E-state index is -1.04. The number of hydrogen-bond donors (Lipinski definition) is 0. The molecule has 1 unspecified atom stereocenters. The molecule has 0 saturated heterocycles. The van der Waals surface area contributed by atoms with E-state index in [9.17, 15) is 22.8 Å². The molecular formula is C23H24F3NO5. The van der Waals surface area contributed by atoms with E-state index in [1.165, 1.54) is 18.1 Å². The van der Waals surface area contributed by atoms with Crippen LogP contribution in [0.5, 0.6) is 5.75 Å². The summed E-state index contributed by atoms with van der Waals surface area (Å²) in [4.78, 5) is 26.3. The predicted octanol–water partition coefficient (Wildman–Crippen LogP) is 4.55. The van der Waals surface area contributed by atoms with E-state index in [2.05, 4.69) is 0 Å². The van der Waals surface area contributed by atoms with Crippen molar-refractivity contribution in [2.75, 3.05) is 20.3 Å². The molecule has 32 heavy (non-hydrogen) atoms. The summed E-state index contributed by atoms with van der Waals surface area (Å²) < 4.78 is 56.4. The number of amides is 1. The van der Waals surface area contributed by atoms with E-state index in [4.69, 9.17) is 14.2 Å². The summed E-state index contributed by atoms with van der Waals surface area (Å²) in [7, 11) is 1.23. The molecule has 0 saturated carbocycles. The van der Waals surface area contributed by atoms with Crippen LogP contribution >= 0.6 is 0 Å². The second kappa shape index (κ2) is 9.93. The zero-order chi connectivity index (χ0) is 23.4. The molecule has 1 aliphatic rings. The summed E-state index contributed by atoms with van der Waals surface area (Å²) in [5.74, 6) is -3.25. The Morgan fingerprint density at radius 2 is 1.81 bits per heavy atom. The van der Waals surface area contributed by atoms with Gasteiger partial charge in [-0.2, -0.15) is 0 Å². The Hall–Kier alpha value is -3.23. The topological polar surface area (TPSA) is 65.1 Å². The van der Waals surface area contributed by atoms with Crippen molar-refractivity contribution in [1.29, 1.82) is 0 Å². The maximum atomic E-state index is 13.8. The minimum absolute atomic E-state index is 0.142. The van der Waals surface area contributed by atoms with Crippen molar-refractivity contribution in [3.05, 3.63) is 64.5 Å². The van der Waals surface area contributed by atoms with Crippen molar-refractivity contribution in [3.8, 4) is 5.75 Å². The van der Waals surface area contributed by atoms with E-state index in [-0.39, 0.29) is 19.1 Å². The third-order valence-electron chi connectivity index (χ3n) is 5.03. The lowest BCUT2D eigenvalue weighted by atomic mass is 9.92. The number of benzene rings is 2. The Kier molecular flexibility index (Phi) is 7.27. The number of esters is 1. The van der Waals surface area contributed by atoms with Gasteiger partial charge in [-0.05, 0) is 35.6 Å². The molecule has 0 fully saturated rings. The maximum absolute atomic E-state index is 13.8. The first-order chi connectivity index (χ1) is 15.2. The van der Waals surface area contributed by atoms with Gasteiger partial charge in [0.15, 0.2) is 6.04 Å². The van der Waals surface area contributed by atoms with Crippen molar-refractivity contribution in [3.63, 3.8) is 0 Å². The van der Waals surface area contributed by atoms with Crippen molar-refractivity contribution in [1.82, 2.24) is 4.90 Å². The molecule has 2 aromatic rings. The molecule has 1 aliphatic heterocycles. The molecule has 172 valence electrons. The summed E-state index contributed by atoms with van der Waals surface area (Å²) >= 11 is 0. The Morgan fingerprint density at radius 1 is 1.12 bits per heavy atom. The van der Waals surface area contributed by atoms with E-state index in [0.717, 1.165) is 5.56 Å². The smallest absolute Gasteiger partial charge is 0.410 e. The van der Waals surface area contributed by atoms with Crippen LogP contribution in [0.1, 0.15) is 36.6 Å². The van der Waals surface area contributed by atoms with Gasteiger partial charge >= 0.3 is 12.1 Å². The normalized spacial score (nSPS) is 15.3. The van der Waals surface area contributed by atoms with Crippen LogP contribution in [0, 0.1) is 23.4 Å². The fourth-order valence-electron chi connectivity index (χ4n) is 3.44. The second-order valence-corrected chi connectivity index (χ2v) is 7.84. The van der Waals surface area contributed by atoms with E-state index in [0.29, 0.717) is 29.9 Å². The lowest BCUT2D eigenvalue weighted by Gasteiger charge is -2.35. The first-order valence-corrected chi connectivity index (χ1v) is 10.1. The highest BCUT2D eigenvalue weighted by Gasteiger charge is 2.38. The quantitative estimate of drug-likeness (QED) is 0.603. The summed E-state index contributed by atoms with van der Waals surface area (Å²) in [6.45, 7) is 3.81. The van der Waals surface area contributed by atoms with E-state index >= 15 is 0 Å². The van der Waals surface area contributed by atoms with Gasteiger partial charge in [-0.25, -0.2) is 22.8 Å². The number of carbonyl (C=O) groups excluding carboxylic acids is 2. The molecule has 6 nitrogen and oxygen atoms in total. The highest BCUT2D eigenvalue weighted by Crippen LogP contribution is 2.34. The molecule has 3 rings (SSSR count). The largest absolute Gasteiger partial charge is 0.489 e. The molecule has 0 spiro atoms. The molecular weight excluding hydrogens is 427 g/mol. The predicted molar refractivity (Wildman–Crippen MR) is 108 cm³/mol. The monoisotopic (exact) mass is 451 g/mol. The lowest BCUT2D eigenvalue weighted by Crippen LogP contribution is -2.44. The van der Waals surface area contributed by atoms with Gasteiger partial charge in [0.2, 0.25) is 0 Å². The Labute approximate surface area is 183 Å². The van der Waals surface area contributed by atoms with E-state index in [1.54, 1.807) is 12.1 Å². The van der Waals surface area contributed by atoms with E-state index in [1.807, 2.05) is 13.8 Å².